The molecule has 2 rings (SSSR count). The van der Waals surface area contributed by atoms with Crippen molar-refractivity contribution in [1.82, 2.24) is 4.90 Å². The van der Waals surface area contributed by atoms with E-state index in [4.69, 9.17) is 9.84 Å². The highest BCUT2D eigenvalue weighted by Gasteiger charge is 2.31. The maximum Gasteiger partial charge on any atom is 0.303 e. The molecule has 0 aromatic rings. The number of likely N-dealkylation sites (tertiary alicyclic amines) is 1. The van der Waals surface area contributed by atoms with E-state index in [1.54, 1.807) is 0 Å². The lowest BCUT2D eigenvalue weighted by molar-refractivity contribution is -0.142. The number of amides is 1. The standard InChI is InChI=1S/C14H23NO4/c1-10-8-12(4-7-19-10)14(18)15-5-2-11(3-6-15)9-13(16)17/h10-12H,2-9H2,1H3,(H,16,17)/t10-,12-/m1/s1. The molecule has 2 heterocycles. The van der Waals surface area contributed by atoms with Gasteiger partial charge in [-0.3, -0.25) is 9.59 Å². The minimum absolute atomic E-state index is 0.0970. The van der Waals surface area contributed by atoms with Crippen molar-refractivity contribution in [1.29, 1.82) is 0 Å². The lowest BCUT2D eigenvalue weighted by Gasteiger charge is -2.35. The summed E-state index contributed by atoms with van der Waals surface area (Å²) in [6, 6.07) is 0. The third kappa shape index (κ3) is 3.93. The fourth-order valence-electron chi connectivity index (χ4n) is 3.08. The van der Waals surface area contributed by atoms with Crippen LogP contribution in [0.2, 0.25) is 0 Å². The van der Waals surface area contributed by atoms with Crippen molar-refractivity contribution in [2.75, 3.05) is 19.7 Å². The Morgan fingerprint density at radius 1 is 1.26 bits per heavy atom. The second-order valence-electron chi connectivity index (χ2n) is 5.77. The van der Waals surface area contributed by atoms with Crippen molar-refractivity contribution in [3.05, 3.63) is 0 Å². The van der Waals surface area contributed by atoms with E-state index in [0.29, 0.717) is 19.7 Å². The predicted molar refractivity (Wildman–Crippen MR) is 69.7 cm³/mol. The number of carboxylic acid groups (broad SMARTS) is 1. The van der Waals surface area contributed by atoms with Gasteiger partial charge in [0.2, 0.25) is 5.91 Å². The molecule has 0 saturated carbocycles. The summed E-state index contributed by atoms with van der Waals surface area (Å²) < 4.78 is 5.47. The van der Waals surface area contributed by atoms with Gasteiger partial charge in [-0.25, -0.2) is 0 Å². The first-order chi connectivity index (χ1) is 9.06. The zero-order chi connectivity index (χ0) is 13.8. The van der Waals surface area contributed by atoms with Crippen molar-refractivity contribution in [3.8, 4) is 0 Å². The largest absolute Gasteiger partial charge is 0.481 e. The summed E-state index contributed by atoms with van der Waals surface area (Å²) >= 11 is 0. The highest BCUT2D eigenvalue weighted by Crippen LogP contribution is 2.26. The van der Waals surface area contributed by atoms with Gasteiger partial charge in [0.1, 0.15) is 0 Å². The first-order valence-corrected chi connectivity index (χ1v) is 7.18. The number of hydrogen-bond acceptors (Lipinski definition) is 3. The Kier molecular flexibility index (Phi) is 4.80. The van der Waals surface area contributed by atoms with E-state index in [1.165, 1.54) is 0 Å². The molecule has 19 heavy (non-hydrogen) atoms. The van der Waals surface area contributed by atoms with Gasteiger partial charge in [-0.15, -0.1) is 0 Å². The molecule has 0 unspecified atom stereocenters. The number of carboxylic acids is 1. The minimum atomic E-state index is -0.733. The van der Waals surface area contributed by atoms with Gasteiger partial charge < -0.3 is 14.7 Å². The smallest absolute Gasteiger partial charge is 0.303 e. The van der Waals surface area contributed by atoms with E-state index >= 15 is 0 Å². The fraction of sp³-hybridized carbons (Fsp3) is 0.857. The molecular formula is C14H23NO4. The van der Waals surface area contributed by atoms with Crippen LogP contribution >= 0.6 is 0 Å². The summed E-state index contributed by atoms with van der Waals surface area (Å²) in [5, 5.41) is 8.78. The molecule has 5 nitrogen and oxygen atoms in total. The number of nitrogens with zero attached hydrogens (tertiary/aromatic N) is 1. The molecule has 0 radical (unpaired) electrons. The number of carbonyl (C=O) groups excluding carboxylic acids is 1. The summed E-state index contributed by atoms with van der Waals surface area (Å²) in [4.78, 5) is 25.0. The van der Waals surface area contributed by atoms with Gasteiger partial charge in [-0.2, -0.15) is 0 Å². The number of carbonyl (C=O) groups is 2. The number of aliphatic carboxylic acids is 1. The maximum absolute atomic E-state index is 12.4. The summed E-state index contributed by atoms with van der Waals surface area (Å²) in [6.45, 7) is 4.11. The Labute approximate surface area is 113 Å². The summed E-state index contributed by atoms with van der Waals surface area (Å²) in [5.41, 5.74) is 0. The molecule has 5 heteroatoms. The molecule has 108 valence electrons. The van der Waals surface area contributed by atoms with E-state index in [2.05, 4.69) is 0 Å². The molecule has 2 aliphatic heterocycles. The average Bonchev–Trinajstić information content (AvgIpc) is 2.38. The molecule has 0 aliphatic carbocycles. The second kappa shape index (κ2) is 6.37. The first kappa shape index (κ1) is 14.3. The van der Waals surface area contributed by atoms with E-state index in [1.807, 2.05) is 11.8 Å². The molecule has 2 saturated heterocycles. The molecule has 1 amide bonds. The van der Waals surface area contributed by atoms with Gasteiger partial charge in [-0.1, -0.05) is 0 Å². The number of piperidine rings is 1. The summed E-state index contributed by atoms with van der Waals surface area (Å²) in [7, 11) is 0. The Balaban J connectivity index is 1.80. The highest BCUT2D eigenvalue weighted by molar-refractivity contribution is 5.79. The van der Waals surface area contributed by atoms with Crippen molar-refractivity contribution in [3.63, 3.8) is 0 Å². The van der Waals surface area contributed by atoms with Crippen LogP contribution in [-0.2, 0) is 14.3 Å². The molecule has 2 aliphatic rings. The Hall–Kier alpha value is -1.10. The van der Waals surface area contributed by atoms with E-state index in [0.717, 1.165) is 25.7 Å². The van der Waals surface area contributed by atoms with Crippen LogP contribution in [0.3, 0.4) is 0 Å². The molecule has 0 aromatic heterocycles. The van der Waals surface area contributed by atoms with Crippen molar-refractivity contribution < 1.29 is 19.4 Å². The predicted octanol–water partition coefficient (Wildman–Crippen LogP) is 1.51. The Bertz CT molecular complexity index is 336. The van der Waals surface area contributed by atoms with Gasteiger partial charge >= 0.3 is 5.97 Å². The molecular weight excluding hydrogens is 246 g/mol. The summed E-state index contributed by atoms with van der Waals surface area (Å²) in [6.07, 6.45) is 3.67. The molecule has 1 N–H and O–H groups in total. The molecule has 2 atom stereocenters. The van der Waals surface area contributed by atoms with E-state index in [9.17, 15) is 9.59 Å². The normalized spacial score (nSPS) is 29.2. The van der Waals surface area contributed by atoms with Crippen LogP contribution in [0.4, 0.5) is 0 Å². The third-order valence-electron chi connectivity index (χ3n) is 4.22. The van der Waals surface area contributed by atoms with Crippen molar-refractivity contribution in [2.24, 2.45) is 11.8 Å². The van der Waals surface area contributed by atoms with Crippen molar-refractivity contribution >= 4 is 11.9 Å². The average molecular weight is 269 g/mol. The lowest BCUT2D eigenvalue weighted by Crippen LogP contribution is -2.44. The van der Waals surface area contributed by atoms with Crippen LogP contribution < -0.4 is 0 Å². The van der Waals surface area contributed by atoms with Gasteiger partial charge in [0, 0.05) is 32.0 Å². The second-order valence-corrected chi connectivity index (χ2v) is 5.77. The first-order valence-electron chi connectivity index (χ1n) is 7.18. The van der Waals surface area contributed by atoms with Crippen LogP contribution in [-0.4, -0.2) is 47.7 Å². The lowest BCUT2D eigenvalue weighted by atomic mass is 9.90. The molecule has 0 bridgehead atoms. The van der Waals surface area contributed by atoms with Crippen LogP contribution in [0.25, 0.3) is 0 Å². The third-order valence-corrected chi connectivity index (χ3v) is 4.22. The van der Waals surface area contributed by atoms with Crippen LogP contribution in [0, 0.1) is 11.8 Å². The van der Waals surface area contributed by atoms with Gasteiger partial charge in [0.15, 0.2) is 0 Å². The quantitative estimate of drug-likeness (QED) is 0.843. The minimum Gasteiger partial charge on any atom is -0.481 e. The number of hydrogen-bond donors (Lipinski definition) is 1. The Morgan fingerprint density at radius 3 is 2.53 bits per heavy atom. The monoisotopic (exact) mass is 269 g/mol. The van der Waals surface area contributed by atoms with Crippen molar-refractivity contribution in [2.45, 2.75) is 45.1 Å². The molecule has 0 spiro atoms. The van der Waals surface area contributed by atoms with Crippen LogP contribution in [0.1, 0.15) is 39.0 Å². The van der Waals surface area contributed by atoms with Gasteiger partial charge in [0.05, 0.1) is 6.10 Å². The summed E-state index contributed by atoms with van der Waals surface area (Å²) in [5.74, 6) is -0.165. The maximum atomic E-state index is 12.4. The number of rotatable bonds is 3. The topological polar surface area (TPSA) is 66.8 Å². The zero-order valence-electron chi connectivity index (χ0n) is 11.5. The number of ether oxygens (including phenoxy) is 1. The van der Waals surface area contributed by atoms with Gasteiger partial charge in [0.25, 0.3) is 0 Å². The fourth-order valence-corrected chi connectivity index (χ4v) is 3.08. The highest BCUT2D eigenvalue weighted by atomic mass is 16.5. The van der Waals surface area contributed by atoms with E-state index < -0.39 is 5.97 Å². The SMILES string of the molecule is C[C@@H]1C[C@H](C(=O)N2CCC(CC(=O)O)CC2)CCO1. The van der Waals surface area contributed by atoms with Crippen LogP contribution in [0.15, 0.2) is 0 Å². The molecule has 2 fully saturated rings. The van der Waals surface area contributed by atoms with Crippen LogP contribution in [0.5, 0.6) is 0 Å². The zero-order valence-corrected chi connectivity index (χ0v) is 11.5. The van der Waals surface area contributed by atoms with Gasteiger partial charge in [-0.05, 0) is 38.5 Å². The Morgan fingerprint density at radius 2 is 1.95 bits per heavy atom. The van der Waals surface area contributed by atoms with E-state index in [-0.39, 0.29) is 30.3 Å². The molecule has 0 aromatic carbocycles.